The molecular weight excluding hydrogens is 216 g/mol. The SMILES string of the molecule is CC1CCC(N)(c2ccc([N+](=O)[O-])cc2)CC1. The third kappa shape index (κ3) is 2.47. The number of hydrogen-bond donors (Lipinski definition) is 1. The molecule has 0 amide bonds. The molecule has 2 rings (SSSR count). The average molecular weight is 234 g/mol. The zero-order chi connectivity index (χ0) is 12.5. The molecular formula is C13H18N2O2. The summed E-state index contributed by atoms with van der Waals surface area (Å²) in [6, 6.07) is 6.69. The molecule has 0 bridgehead atoms. The lowest BCUT2D eigenvalue weighted by molar-refractivity contribution is -0.384. The highest BCUT2D eigenvalue weighted by molar-refractivity contribution is 5.36. The summed E-state index contributed by atoms with van der Waals surface area (Å²) in [6.45, 7) is 2.25. The van der Waals surface area contributed by atoms with E-state index in [4.69, 9.17) is 5.73 Å². The molecule has 2 N–H and O–H groups in total. The summed E-state index contributed by atoms with van der Waals surface area (Å²) in [5.41, 5.74) is 7.26. The Balaban J connectivity index is 2.19. The Morgan fingerprint density at radius 1 is 1.29 bits per heavy atom. The second-order valence-corrected chi connectivity index (χ2v) is 5.14. The van der Waals surface area contributed by atoms with Crippen molar-refractivity contribution in [3.63, 3.8) is 0 Å². The molecule has 0 aromatic heterocycles. The first-order chi connectivity index (χ1) is 8.01. The fourth-order valence-electron chi connectivity index (χ4n) is 2.48. The molecule has 0 unspecified atom stereocenters. The van der Waals surface area contributed by atoms with Crippen LogP contribution in [0, 0.1) is 16.0 Å². The molecule has 4 nitrogen and oxygen atoms in total. The summed E-state index contributed by atoms with van der Waals surface area (Å²) >= 11 is 0. The van der Waals surface area contributed by atoms with E-state index < -0.39 is 0 Å². The number of rotatable bonds is 2. The van der Waals surface area contributed by atoms with Crippen LogP contribution < -0.4 is 5.73 Å². The number of nitrogens with two attached hydrogens (primary N) is 1. The molecule has 0 aliphatic heterocycles. The van der Waals surface area contributed by atoms with E-state index >= 15 is 0 Å². The molecule has 0 atom stereocenters. The van der Waals surface area contributed by atoms with Gasteiger partial charge in [-0.3, -0.25) is 10.1 Å². The van der Waals surface area contributed by atoms with Crippen LogP contribution >= 0.6 is 0 Å². The topological polar surface area (TPSA) is 69.2 Å². The van der Waals surface area contributed by atoms with Gasteiger partial charge in [0.15, 0.2) is 0 Å². The van der Waals surface area contributed by atoms with Crippen molar-refractivity contribution < 1.29 is 4.92 Å². The van der Waals surface area contributed by atoms with Crippen LogP contribution in [0.15, 0.2) is 24.3 Å². The van der Waals surface area contributed by atoms with E-state index in [-0.39, 0.29) is 16.1 Å². The molecule has 1 aromatic rings. The van der Waals surface area contributed by atoms with Gasteiger partial charge in [0.05, 0.1) is 4.92 Å². The first-order valence-corrected chi connectivity index (χ1v) is 6.05. The van der Waals surface area contributed by atoms with E-state index in [1.165, 1.54) is 0 Å². The molecule has 92 valence electrons. The number of non-ortho nitro benzene ring substituents is 1. The van der Waals surface area contributed by atoms with Crippen LogP contribution in [-0.4, -0.2) is 4.92 Å². The zero-order valence-electron chi connectivity index (χ0n) is 10.1. The first-order valence-electron chi connectivity index (χ1n) is 6.05. The molecule has 4 heteroatoms. The smallest absolute Gasteiger partial charge is 0.269 e. The summed E-state index contributed by atoms with van der Waals surface area (Å²) in [7, 11) is 0. The van der Waals surface area contributed by atoms with E-state index in [0.29, 0.717) is 0 Å². The molecule has 1 aliphatic rings. The van der Waals surface area contributed by atoms with Gasteiger partial charge in [0, 0.05) is 17.7 Å². The van der Waals surface area contributed by atoms with Crippen molar-refractivity contribution in [2.75, 3.05) is 0 Å². The van der Waals surface area contributed by atoms with E-state index in [1.54, 1.807) is 24.3 Å². The number of nitro groups is 1. The molecule has 0 radical (unpaired) electrons. The summed E-state index contributed by atoms with van der Waals surface area (Å²) in [6.07, 6.45) is 4.19. The van der Waals surface area contributed by atoms with E-state index in [9.17, 15) is 10.1 Å². The van der Waals surface area contributed by atoms with E-state index in [1.807, 2.05) is 0 Å². The number of hydrogen-bond acceptors (Lipinski definition) is 3. The highest BCUT2D eigenvalue weighted by Crippen LogP contribution is 2.37. The average Bonchev–Trinajstić information content (AvgIpc) is 2.33. The van der Waals surface area contributed by atoms with Crippen molar-refractivity contribution in [3.05, 3.63) is 39.9 Å². The summed E-state index contributed by atoms with van der Waals surface area (Å²) in [5, 5.41) is 10.6. The largest absolute Gasteiger partial charge is 0.321 e. The van der Waals surface area contributed by atoms with Gasteiger partial charge in [0.2, 0.25) is 0 Å². The van der Waals surface area contributed by atoms with Crippen LogP contribution in [0.3, 0.4) is 0 Å². The maximum Gasteiger partial charge on any atom is 0.269 e. The first kappa shape index (κ1) is 12.0. The van der Waals surface area contributed by atoms with Gasteiger partial charge in [-0.15, -0.1) is 0 Å². The lowest BCUT2D eigenvalue weighted by Gasteiger charge is -2.36. The van der Waals surface area contributed by atoms with Crippen molar-refractivity contribution >= 4 is 5.69 Å². The molecule has 0 spiro atoms. The fourth-order valence-corrected chi connectivity index (χ4v) is 2.48. The second-order valence-electron chi connectivity index (χ2n) is 5.14. The fraction of sp³-hybridized carbons (Fsp3) is 0.538. The number of nitro benzene ring substituents is 1. The predicted molar refractivity (Wildman–Crippen MR) is 66.6 cm³/mol. The minimum Gasteiger partial charge on any atom is -0.321 e. The Hall–Kier alpha value is -1.42. The molecule has 0 heterocycles. The van der Waals surface area contributed by atoms with Gasteiger partial charge in [-0.25, -0.2) is 0 Å². The van der Waals surface area contributed by atoms with Crippen LogP contribution in [0.1, 0.15) is 38.2 Å². The predicted octanol–water partition coefficient (Wildman–Crippen LogP) is 2.96. The normalized spacial score (nSPS) is 28.9. The molecule has 1 aromatic carbocycles. The van der Waals surface area contributed by atoms with Crippen LogP contribution in [0.2, 0.25) is 0 Å². The van der Waals surface area contributed by atoms with E-state index in [2.05, 4.69) is 6.92 Å². The van der Waals surface area contributed by atoms with Crippen LogP contribution in [0.5, 0.6) is 0 Å². The monoisotopic (exact) mass is 234 g/mol. The summed E-state index contributed by atoms with van der Waals surface area (Å²) in [4.78, 5) is 10.2. The van der Waals surface area contributed by atoms with Crippen molar-refractivity contribution in [2.24, 2.45) is 11.7 Å². The van der Waals surface area contributed by atoms with Crippen molar-refractivity contribution in [1.29, 1.82) is 0 Å². The Kier molecular flexibility index (Phi) is 3.15. The second kappa shape index (κ2) is 4.45. The Morgan fingerprint density at radius 3 is 2.29 bits per heavy atom. The van der Waals surface area contributed by atoms with Gasteiger partial charge in [0.1, 0.15) is 0 Å². The van der Waals surface area contributed by atoms with Crippen molar-refractivity contribution in [2.45, 2.75) is 38.1 Å². The Labute approximate surface area is 101 Å². The third-order valence-corrected chi connectivity index (χ3v) is 3.82. The van der Waals surface area contributed by atoms with Crippen LogP contribution in [0.4, 0.5) is 5.69 Å². The van der Waals surface area contributed by atoms with Crippen LogP contribution in [0.25, 0.3) is 0 Å². The van der Waals surface area contributed by atoms with Gasteiger partial charge in [-0.1, -0.05) is 19.1 Å². The van der Waals surface area contributed by atoms with Crippen LogP contribution in [-0.2, 0) is 5.54 Å². The number of benzene rings is 1. The van der Waals surface area contributed by atoms with Gasteiger partial charge in [0.25, 0.3) is 5.69 Å². The minimum absolute atomic E-state index is 0.126. The lowest BCUT2D eigenvalue weighted by atomic mass is 9.74. The lowest BCUT2D eigenvalue weighted by Crippen LogP contribution is -2.40. The summed E-state index contributed by atoms with van der Waals surface area (Å²) < 4.78 is 0. The standard InChI is InChI=1S/C13H18N2O2/c1-10-6-8-13(14,9-7-10)11-2-4-12(5-3-11)15(16)17/h2-5,10H,6-9,14H2,1H3. The Bertz CT molecular complexity index is 406. The molecule has 1 fully saturated rings. The van der Waals surface area contributed by atoms with Gasteiger partial charge in [-0.05, 0) is 37.2 Å². The molecule has 1 aliphatic carbocycles. The molecule has 17 heavy (non-hydrogen) atoms. The highest BCUT2D eigenvalue weighted by Gasteiger charge is 2.31. The van der Waals surface area contributed by atoms with E-state index in [0.717, 1.165) is 37.2 Å². The quantitative estimate of drug-likeness (QED) is 0.631. The zero-order valence-corrected chi connectivity index (χ0v) is 10.1. The van der Waals surface area contributed by atoms with Crippen molar-refractivity contribution in [1.82, 2.24) is 0 Å². The minimum atomic E-state index is -0.379. The summed E-state index contributed by atoms with van der Waals surface area (Å²) in [5.74, 6) is 0.740. The van der Waals surface area contributed by atoms with Gasteiger partial charge >= 0.3 is 0 Å². The van der Waals surface area contributed by atoms with Crippen molar-refractivity contribution in [3.8, 4) is 0 Å². The molecule has 0 saturated heterocycles. The highest BCUT2D eigenvalue weighted by atomic mass is 16.6. The Morgan fingerprint density at radius 2 is 1.82 bits per heavy atom. The maximum absolute atomic E-state index is 10.6. The molecule has 1 saturated carbocycles. The van der Waals surface area contributed by atoms with Gasteiger partial charge in [-0.2, -0.15) is 0 Å². The number of nitrogens with zero attached hydrogens (tertiary/aromatic N) is 1. The van der Waals surface area contributed by atoms with Gasteiger partial charge < -0.3 is 5.73 Å². The third-order valence-electron chi connectivity index (χ3n) is 3.82. The maximum atomic E-state index is 10.6.